The van der Waals surface area contributed by atoms with Crippen LogP contribution in [0, 0.1) is 0 Å². The molecule has 0 aromatic heterocycles. The monoisotopic (exact) mass is 186 g/mol. The molecule has 76 valence electrons. The Morgan fingerprint density at radius 3 is 2.38 bits per heavy atom. The average molecular weight is 186 g/mol. The van der Waals surface area contributed by atoms with Crippen molar-refractivity contribution >= 4 is 11.7 Å². The first-order valence-electron chi connectivity index (χ1n) is 4.53. The van der Waals surface area contributed by atoms with Crippen molar-refractivity contribution in [2.24, 2.45) is 0 Å². The second-order valence-electron chi connectivity index (χ2n) is 2.97. The van der Waals surface area contributed by atoms with Crippen LogP contribution in [-0.4, -0.2) is 36.9 Å². The van der Waals surface area contributed by atoms with Gasteiger partial charge in [-0.1, -0.05) is 6.92 Å². The highest BCUT2D eigenvalue weighted by Gasteiger charge is 2.10. The number of Topliss-reactive ketones (excluding diaryl/α,β-unsaturated/α-hetero) is 1. The van der Waals surface area contributed by atoms with E-state index in [1.54, 1.807) is 11.9 Å². The summed E-state index contributed by atoms with van der Waals surface area (Å²) in [6.07, 6.45) is 0.924. The van der Waals surface area contributed by atoms with E-state index in [0.717, 1.165) is 0 Å². The maximum Gasteiger partial charge on any atom is 0.223 e. The van der Waals surface area contributed by atoms with Gasteiger partial charge in [-0.25, -0.2) is 0 Å². The zero-order valence-electron chi connectivity index (χ0n) is 8.59. The number of nitrogens with one attached hydrogen (secondary N) is 1. The Bertz CT molecular complexity index is 180. The van der Waals surface area contributed by atoms with E-state index in [2.05, 4.69) is 5.32 Å². The molecule has 0 aromatic rings. The summed E-state index contributed by atoms with van der Waals surface area (Å²) in [6, 6.07) is 0. The van der Waals surface area contributed by atoms with Crippen molar-refractivity contribution in [2.45, 2.75) is 26.7 Å². The molecule has 0 fully saturated rings. The third kappa shape index (κ3) is 5.36. The number of carbonyl (C=O) groups is 2. The molecule has 0 saturated carbocycles. The van der Waals surface area contributed by atoms with Crippen LogP contribution in [0.15, 0.2) is 0 Å². The molecular weight excluding hydrogens is 168 g/mol. The maximum atomic E-state index is 11.3. The number of rotatable bonds is 6. The molecule has 0 heterocycles. The van der Waals surface area contributed by atoms with E-state index in [1.807, 2.05) is 6.92 Å². The molecule has 0 rings (SSSR count). The highest BCUT2D eigenvalue weighted by Crippen LogP contribution is 1.95. The fourth-order valence-corrected chi connectivity index (χ4v) is 0.999. The number of hydrogen-bond acceptors (Lipinski definition) is 3. The van der Waals surface area contributed by atoms with Crippen molar-refractivity contribution in [3.63, 3.8) is 0 Å². The van der Waals surface area contributed by atoms with Gasteiger partial charge in [-0.3, -0.25) is 9.59 Å². The molecular formula is C9H18N2O2. The fraction of sp³-hybridized carbons (Fsp3) is 0.778. The Morgan fingerprint density at radius 2 is 2.00 bits per heavy atom. The summed E-state index contributed by atoms with van der Waals surface area (Å²) in [6.45, 7) is 4.38. The molecule has 0 saturated heterocycles. The molecule has 4 nitrogen and oxygen atoms in total. The largest absolute Gasteiger partial charge is 0.330 e. The second kappa shape index (κ2) is 6.60. The lowest BCUT2D eigenvalue weighted by Crippen LogP contribution is -2.38. The normalized spacial score (nSPS) is 9.77. The molecule has 1 N–H and O–H groups in total. The predicted molar refractivity (Wildman–Crippen MR) is 51.2 cm³/mol. The Labute approximate surface area is 79.3 Å². The van der Waals surface area contributed by atoms with Crippen LogP contribution in [0.1, 0.15) is 26.7 Å². The summed E-state index contributed by atoms with van der Waals surface area (Å²) >= 11 is 0. The van der Waals surface area contributed by atoms with Crippen molar-refractivity contribution in [3.05, 3.63) is 0 Å². The van der Waals surface area contributed by atoms with Crippen LogP contribution in [0.4, 0.5) is 0 Å². The van der Waals surface area contributed by atoms with E-state index in [-0.39, 0.29) is 11.7 Å². The van der Waals surface area contributed by atoms with Crippen LogP contribution >= 0.6 is 0 Å². The van der Waals surface area contributed by atoms with E-state index >= 15 is 0 Å². The summed E-state index contributed by atoms with van der Waals surface area (Å²) in [5.41, 5.74) is 0. The van der Waals surface area contributed by atoms with Gasteiger partial charge in [0.25, 0.3) is 0 Å². The van der Waals surface area contributed by atoms with Gasteiger partial charge in [-0.15, -0.1) is 0 Å². The molecule has 0 aromatic carbocycles. The molecule has 0 bridgehead atoms. The van der Waals surface area contributed by atoms with Gasteiger partial charge in [0.05, 0.1) is 6.67 Å². The van der Waals surface area contributed by atoms with Crippen LogP contribution in [0.2, 0.25) is 0 Å². The van der Waals surface area contributed by atoms with Crippen LogP contribution in [0.25, 0.3) is 0 Å². The Balaban J connectivity index is 3.93. The minimum absolute atomic E-state index is 0.0793. The van der Waals surface area contributed by atoms with Crippen molar-refractivity contribution in [2.75, 3.05) is 20.3 Å². The molecule has 0 radical (unpaired) electrons. The summed E-state index contributed by atoms with van der Waals surface area (Å²) in [4.78, 5) is 23.6. The molecule has 13 heavy (non-hydrogen) atoms. The summed E-state index contributed by atoms with van der Waals surface area (Å²) in [7, 11) is 1.78. The fourth-order valence-electron chi connectivity index (χ4n) is 0.999. The number of nitrogens with zero attached hydrogens (tertiary/aromatic N) is 1. The number of carbonyl (C=O) groups excluding carboxylic acids is 2. The SMILES string of the molecule is CCC(=O)N(CCC(C)=O)CNC. The van der Waals surface area contributed by atoms with Gasteiger partial charge >= 0.3 is 0 Å². The van der Waals surface area contributed by atoms with E-state index < -0.39 is 0 Å². The highest BCUT2D eigenvalue weighted by molar-refractivity contribution is 5.78. The third-order valence-electron chi connectivity index (χ3n) is 1.74. The van der Waals surface area contributed by atoms with Crippen molar-refractivity contribution in [3.8, 4) is 0 Å². The van der Waals surface area contributed by atoms with Crippen molar-refractivity contribution < 1.29 is 9.59 Å². The van der Waals surface area contributed by atoms with Crippen LogP contribution in [0.3, 0.4) is 0 Å². The van der Waals surface area contributed by atoms with Gasteiger partial charge in [0.1, 0.15) is 5.78 Å². The lowest BCUT2D eigenvalue weighted by molar-refractivity contribution is -0.131. The molecule has 0 atom stereocenters. The minimum Gasteiger partial charge on any atom is -0.330 e. The topological polar surface area (TPSA) is 49.4 Å². The quantitative estimate of drug-likeness (QED) is 0.610. The zero-order valence-corrected chi connectivity index (χ0v) is 8.59. The van der Waals surface area contributed by atoms with E-state index in [1.165, 1.54) is 6.92 Å². The van der Waals surface area contributed by atoms with E-state index in [9.17, 15) is 9.59 Å². The minimum atomic E-state index is 0.0793. The molecule has 4 heteroatoms. The van der Waals surface area contributed by atoms with Crippen molar-refractivity contribution in [1.29, 1.82) is 0 Å². The maximum absolute atomic E-state index is 11.3. The highest BCUT2D eigenvalue weighted by atomic mass is 16.2. The first kappa shape index (κ1) is 12.1. The third-order valence-corrected chi connectivity index (χ3v) is 1.74. The molecule has 0 spiro atoms. The first-order valence-corrected chi connectivity index (χ1v) is 4.53. The smallest absolute Gasteiger partial charge is 0.223 e. The number of ketones is 1. The second-order valence-corrected chi connectivity index (χ2v) is 2.97. The Kier molecular flexibility index (Phi) is 6.14. The van der Waals surface area contributed by atoms with Crippen LogP contribution < -0.4 is 5.32 Å². The molecule has 0 aliphatic heterocycles. The van der Waals surface area contributed by atoms with Crippen LogP contribution in [0.5, 0.6) is 0 Å². The van der Waals surface area contributed by atoms with E-state index in [0.29, 0.717) is 26.1 Å². The lowest BCUT2D eigenvalue weighted by Gasteiger charge is -2.20. The molecule has 0 aliphatic carbocycles. The van der Waals surface area contributed by atoms with Gasteiger partial charge < -0.3 is 10.2 Å². The summed E-state index contributed by atoms with van der Waals surface area (Å²) in [5.74, 6) is 0.195. The Morgan fingerprint density at radius 1 is 1.38 bits per heavy atom. The standard InChI is InChI=1S/C9H18N2O2/c1-4-9(13)11(7-10-3)6-5-8(2)12/h10H,4-7H2,1-3H3. The van der Waals surface area contributed by atoms with Crippen LogP contribution in [-0.2, 0) is 9.59 Å². The predicted octanol–water partition coefficient (Wildman–Crippen LogP) is 0.381. The number of hydrogen-bond donors (Lipinski definition) is 1. The average Bonchev–Trinajstić information content (AvgIpc) is 2.10. The molecule has 0 unspecified atom stereocenters. The summed E-state index contributed by atoms with van der Waals surface area (Å²) in [5, 5.41) is 2.90. The lowest BCUT2D eigenvalue weighted by atomic mass is 10.3. The van der Waals surface area contributed by atoms with Gasteiger partial charge in [-0.2, -0.15) is 0 Å². The van der Waals surface area contributed by atoms with Crippen molar-refractivity contribution in [1.82, 2.24) is 10.2 Å². The zero-order chi connectivity index (χ0) is 10.3. The van der Waals surface area contributed by atoms with Gasteiger partial charge in [0.15, 0.2) is 0 Å². The molecule has 1 amide bonds. The Hall–Kier alpha value is -0.900. The summed E-state index contributed by atoms with van der Waals surface area (Å²) < 4.78 is 0. The van der Waals surface area contributed by atoms with Gasteiger partial charge in [-0.05, 0) is 14.0 Å². The van der Waals surface area contributed by atoms with Gasteiger partial charge in [0, 0.05) is 19.4 Å². The first-order chi connectivity index (χ1) is 6.11. The van der Waals surface area contributed by atoms with Gasteiger partial charge in [0.2, 0.25) is 5.91 Å². The molecule has 0 aliphatic rings. The van der Waals surface area contributed by atoms with E-state index in [4.69, 9.17) is 0 Å². The number of amides is 1.